The predicted octanol–water partition coefficient (Wildman–Crippen LogP) is 1.91. The van der Waals surface area contributed by atoms with Crippen molar-refractivity contribution in [3.8, 4) is 11.5 Å². The Balaban J connectivity index is 3.27. The van der Waals surface area contributed by atoms with Gasteiger partial charge >= 0.3 is 0 Å². The second-order valence-electron chi connectivity index (χ2n) is 4.97. The van der Waals surface area contributed by atoms with Gasteiger partial charge in [-0.1, -0.05) is 12.1 Å². The minimum absolute atomic E-state index is 0.00699. The first-order valence-electron chi connectivity index (χ1n) is 6.06. The van der Waals surface area contributed by atoms with Crippen LogP contribution in [0.3, 0.4) is 0 Å². The molecule has 1 rings (SSSR count). The van der Waals surface area contributed by atoms with Gasteiger partial charge in [0.1, 0.15) is 0 Å². The highest BCUT2D eigenvalue weighted by Crippen LogP contribution is 2.40. The number of hydrogen-bond acceptors (Lipinski definition) is 4. The maximum absolute atomic E-state index is 9.22. The predicted molar refractivity (Wildman–Crippen MR) is 72.3 cm³/mol. The summed E-state index contributed by atoms with van der Waals surface area (Å²) in [6.45, 7) is 3.99. The lowest BCUT2D eigenvalue weighted by Crippen LogP contribution is -2.40. The molecule has 0 saturated heterocycles. The molecular weight excluding hydrogens is 230 g/mol. The number of hydrogen-bond donors (Lipinski definition) is 2. The topological polar surface area (TPSA) is 64.7 Å². The first kappa shape index (κ1) is 14.8. The molecule has 18 heavy (non-hydrogen) atoms. The van der Waals surface area contributed by atoms with Crippen LogP contribution in [0.5, 0.6) is 11.5 Å². The summed E-state index contributed by atoms with van der Waals surface area (Å²) in [5.41, 5.74) is 6.73. The summed E-state index contributed by atoms with van der Waals surface area (Å²) in [6.07, 6.45) is 0.590. The fraction of sp³-hybridized carbons (Fsp3) is 0.571. The van der Waals surface area contributed by atoms with Gasteiger partial charge in [-0.25, -0.2) is 0 Å². The van der Waals surface area contributed by atoms with E-state index in [0.29, 0.717) is 17.9 Å². The zero-order valence-electron chi connectivity index (χ0n) is 11.6. The summed E-state index contributed by atoms with van der Waals surface area (Å²) in [5.74, 6) is 1.38. The Kier molecular flexibility index (Phi) is 4.99. The third-order valence-corrected chi connectivity index (χ3v) is 3.12. The van der Waals surface area contributed by atoms with Gasteiger partial charge in [0.15, 0.2) is 11.5 Å². The molecule has 0 radical (unpaired) electrons. The summed E-state index contributed by atoms with van der Waals surface area (Å²) < 4.78 is 10.7. The van der Waals surface area contributed by atoms with Crippen molar-refractivity contribution in [2.75, 3.05) is 20.8 Å². The molecule has 0 spiro atoms. The van der Waals surface area contributed by atoms with Gasteiger partial charge in [-0.15, -0.1) is 0 Å². The van der Waals surface area contributed by atoms with Crippen molar-refractivity contribution >= 4 is 0 Å². The van der Waals surface area contributed by atoms with E-state index in [9.17, 15) is 5.11 Å². The van der Waals surface area contributed by atoms with E-state index in [2.05, 4.69) is 0 Å². The molecule has 4 heteroatoms. The Morgan fingerprint density at radius 3 is 2.39 bits per heavy atom. The lowest BCUT2D eigenvalue weighted by molar-refractivity contribution is 0.246. The Morgan fingerprint density at radius 2 is 1.94 bits per heavy atom. The standard InChI is InChI=1S/C14H23NO3/c1-14(2,15)11(8-9-16)10-6-5-7-12(17-3)13(10)18-4/h5-7,11,16H,8-9,15H2,1-4H3. The zero-order valence-corrected chi connectivity index (χ0v) is 11.6. The molecule has 0 heterocycles. The second-order valence-corrected chi connectivity index (χ2v) is 4.97. The van der Waals surface area contributed by atoms with Gasteiger partial charge in [0, 0.05) is 23.6 Å². The minimum Gasteiger partial charge on any atom is -0.493 e. The van der Waals surface area contributed by atoms with Crippen LogP contribution in [-0.4, -0.2) is 31.5 Å². The van der Waals surface area contributed by atoms with Gasteiger partial charge in [0.25, 0.3) is 0 Å². The first-order chi connectivity index (χ1) is 8.45. The Bertz CT molecular complexity index is 385. The normalized spacial score (nSPS) is 13.2. The van der Waals surface area contributed by atoms with E-state index in [1.807, 2.05) is 32.0 Å². The molecule has 0 aliphatic carbocycles. The number of methoxy groups -OCH3 is 2. The highest BCUT2D eigenvalue weighted by atomic mass is 16.5. The lowest BCUT2D eigenvalue weighted by atomic mass is 9.80. The van der Waals surface area contributed by atoms with Gasteiger partial charge in [0.05, 0.1) is 14.2 Å². The second kappa shape index (κ2) is 6.07. The summed E-state index contributed by atoms with van der Waals surface area (Å²) in [5, 5.41) is 9.22. The van der Waals surface area contributed by atoms with Gasteiger partial charge in [-0.3, -0.25) is 0 Å². The number of nitrogens with two attached hydrogens (primary N) is 1. The molecule has 1 aromatic carbocycles. The Morgan fingerprint density at radius 1 is 1.28 bits per heavy atom. The number of rotatable bonds is 6. The summed E-state index contributed by atoms with van der Waals surface area (Å²) >= 11 is 0. The van der Waals surface area contributed by atoms with Crippen LogP contribution in [0.1, 0.15) is 31.7 Å². The van der Waals surface area contributed by atoms with E-state index >= 15 is 0 Å². The number of ether oxygens (including phenoxy) is 2. The van der Waals surface area contributed by atoms with Crippen molar-refractivity contribution < 1.29 is 14.6 Å². The average Bonchev–Trinajstić information content (AvgIpc) is 2.33. The van der Waals surface area contributed by atoms with Crippen molar-refractivity contribution in [1.82, 2.24) is 0 Å². The molecule has 1 atom stereocenters. The molecular formula is C14H23NO3. The molecule has 3 N–H and O–H groups in total. The number of aliphatic hydroxyl groups is 1. The van der Waals surface area contributed by atoms with Crippen LogP contribution in [0.4, 0.5) is 0 Å². The van der Waals surface area contributed by atoms with E-state index in [1.165, 1.54) is 0 Å². The summed E-state index contributed by atoms with van der Waals surface area (Å²) in [4.78, 5) is 0. The summed E-state index contributed by atoms with van der Waals surface area (Å²) in [6, 6.07) is 5.73. The maximum Gasteiger partial charge on any atom is 0.164 e. The van der Waals surface area contributed by atoms with Crippen LogP contribution in [0, 0.1) is 0 Å². The third kappa shape index (κ3) is 3.15. The Labute approximate surface area is 109 Å². The molecule has 1 aromatic rings. The molecule has 0 aliphatic rings. The molecule has 4 nitrogen and oxygen atoms in total. The first-order valence-corrected chi connectivity index (χ1v) is 6.06. The molecule has 0 fully saturated rings. The molecule has 0 bridgehead atoms. The van der Waals surface area contributed by atoms with E-state index in [0.717, 1.165) is 5.56 Å². The van der Waals surface area contributed by atoms with E-state index in [4.69, 9.17) is 15.2 Å². The molecule has 1 unspecified atom stereocenters. The maximum atomic E-state index is 9.22. The van der Waals surface area contributed by atoms with Gasteiger partial charge < -0.3 is 20.3 Å². The molecule has 102 valence electrons. The number of aliphatic hydroxyl groups excluding tert-OH is 1. The van der Waals surface area contributed by atoms with E-state index in [-0.39, 0.29) is 12.5 Å². The molecule has 0 amide bonds. The largest absolute Gasteiger partial charge is 0.493 e. The van der Waals surface area contributed by atoms with Crippen molar-refractivity contribution in [3.05, 3.63) is 23.8 Å². The SMILES string of the molecule is COc1cccc(C(CCO)C(C)(C)N)c1OC. The average molecular weight is 253 g/mol. The zero-order chi connectivity index (χ0) is 13.8. The lowest BCUT2D eigenvalue weighted by Gasteiger charge is -2.32. The number of benzene rings is 1. The van der Waals surface area contributed by atoms with Crippen LogP contribution < -0.4 is 15.2 Å². The number of para-hydroxylation sites is 1. The third-order valence-electron chi connectivity index (χ3n) is 3.12. The highest BCUT2D eigenvalue weighted by Gasteiger charge is 2.29. The fourth-order valence-corrected chi connectivity index (χ4v) is 2.24. The summed E-state index contributed by atoms with van der Waals surface area (Å²) in [7, 11) is 3.22. The van der Waals surface area contributed by atoms with Gasteiger partial charge in [-0.2, -0.15) is 0 Å². The molecule has 0 aromatic heterocycles. The van der Waals surface area contributed by atoms with Crippen LogP contribution in [0.2, 0.25) is 0 Å². The van der Waals surface area contributed by atoms with Crippen LogP contribution in [0.15, 0.2) is 18.2 Å². The van der Waals surface area contributed by atoms with Crippen LogP contribution >= 0.6 is 0 Å². The monoisotopic (exact) mass is 253 g/mol. The quantitative estimate of drug-likeness (QED) is 0.812. The smallest absolute Gasteiger partial charge is 0.164 e. The minimum atomic E-state index is -0.442. The van der Waals surface area contributed by atoms with E-state index < -0.39 is 5.54 Å². The highest BCUT2D eigenvalue weighted by molar-refractivity contribution is 5.49. The van der Waals surface area contributed by atoms with Crippen molar-refractivity contribution in [1.29, 1.82) is 0 Å². The van der Waals surface area contributed by atoms with E-state index in [1.54, 1.807) is 14.2 Å². The molecule has 0 aliphatic heterocycles. The van der Waals surface area contributed by atoms with Crippen molar-refractivity contribution in [2.45, 2.75) is 31.7 Å². The fourth-order valence-electron chi connectivity index (χ4n) is 2.24. The van der Waals surface area contributed by atoms with Gasteiger partial charge in [-0.05, 0) is 26.3 Å². The van der Waals surface area contributed by atoms with Gasteiger partial charge in [0.2, 0.25) is 0 Å². The van der Waals surface area contributed by atoms with Crippen LogP contribution in [0.25, 0.3) is 0 Å². The Hall–Kier alpha value is -1.26. The molecule has 0 saturated carbocycles. The van der Waals surface area contributed by atoms with Crippen LogP contribution in [-0.2, 0) is 0 Å². The van der Waals surface area contributed by atoms with Crippen molar-refractivity contribution in [2.24, 2.45) is 5.73 Å². The van der Waals surface area contributed by atoms with Crippen molar-refractivity contribution in [3.63, 3.8) is 0 Å².